The summed E-state index contributed by atoms with van der Waals surface area (Å²) in [6.07, 6.45) is 5.52. The number of nitrogens with one attached hydrogen (secondary N) is 1. The van der Waals surface area contributed by atoms with E-state index in [1.165, 1.54) is 0 Å². The van der Waals surface area contributed by atoms with E-state index in [9.17, 15) is 4.79 Å². The molecule has 0 spiro atoms. The molecule has 0 saturated heterocycles. The second-order valence-electron chi connectivity index (χ2n) is 4.13. The van der Waals surface area contributed by atoms with E-state index in [-0.39, 0.29) is 5.78 Å². The molecular formula is C16H15NO. The molecule has 0 saturated carbocycles. The average molecular weight is 237 g/mol. The topological polar surface area (TPSA) is 32.9 Å². The van der Waals surface area contributed by atoms with Gasteiger partial charge in [-0.15, -0.1) is 0 Å². The van der Waals surface area contributed by atoms with Crippen molar-refractivity contribution in [1.29, 1.82) is 0 Å². The first-order chi connectivity index (χ1) is 8.68. The van der Waals surface area contributed by atoms with Gasteiger partial charge in [0.05, 0.1) is 0 Å². The zero-order chi connectivity index (χ0) is 13.0. The van der Waals surface area contributed by atoms with E-state index in [1.54, 1.807) is 0 Å². The van der Waals surface area contributed by atoms with Crippen molar-refractivity contribution in [3.05, 3.63) is 70.4 Å². The smallest absolute Gasteiger partial charge is 0.188 e. The van der Waals surface area contributed by atoms with Crippen molar-refractivity contribution in [2.75, 3.05) is 0 Å². The fourth-order valence-corrected chi connectivity index (χ4v) is 1.67. The molecule has 0 amide bonds. The lowest BCUT2D eigenvalue weighted by molar-refractivity contribution is 0.103. The molecule has 2 rings (SSSR count). The third kappa shape index (κ3) is 2.66. The summed E-state index contributed by atoms with van der Waals surface area (Å²) in [5.41, 5.74) is 1.41. The lowest BCUT2D eigenvalue weighted by Crippen LogP contribution is -2.19. The second kappa shape index (κ2) is 5.32. The maximum absolute atomic E-state index is 12.1. The van der Waals surface area contributed by atoms with Gasteiger partial charge in [0.25, 0.3) is 0 Å². The van der Waals surface area contributed by atoms with Crippen LogP contribution in [0.5, 0.6) is 0 Å². The van der Waals surface area contributed by atoms with Crippen molar-refractivity contribution >= 4 is 18.4 Å². The Morgan fingerprint density at radius 3 is 2.56 bits per heavy atom. The van der Waals surface area contributed by atoms with Crippen LogP contribution in [0.4, 0.5) is 0 Å². The van der Waals surface area contributed by atoms with E-state index in [0.717, 1.165) is 10.6 Å². The highest BCUT2D eigenvalue weighted by Crippen LogP contribution is 2.07. The summed E-state index contributed by atoms with van der Waals surface area (Å²) in [5.74, 6) is 0.0454. The van der Waals surface area contributed by atoms with Gasteiger partial charge in [-0.1, -0.05) is 43.0 Å². The zero-order valence-corrected chi connectivity index (χ0v) is 10.3. The minimum Gasteiger partial charge on any atom is -0.361 e. The Balaban J connectivity index is 2.28. The molecule has 2 heteroatoms. The highest BCUT2D eigenvalue weighted by atomic mass is 16.1. The largest absolute Gasteiger partial charge is 0.361 e. The molecule has 1 aromatic heterocycles. The second-order valence-corrected chi connectivity index (χ2v) is 4.13. The van der Waals surface area contributed by atoms with Crippen LogP contribution in [0.3, 0.4) is 0 Å². The number of hydrogen-bond acceptors (Lipinski definition) is 1. The summed E-state index contributed by atoms with van der Waals surface area (Å²) < 4.78 is 0. The minimum atomic E-state index is 0.0454. The molecule has 18 heavy (non-hydrogen) atoms. The maximum atomic E-state index is 12.1. The number of hydrogen-bond donors (Lipinski definition) is 1. The van der Waals surface area contributed by atoms with Crippen LogP contribution < -0.4 is 10.6 Å². The van der Waals surface area contributed by atoms with Crippen LogP contribution in [0.25, 0.3) is 12.7 Å². The van der Waals surface area contributed by atoms with Gasteiger partial charge < -0.3 is 4.98 Å². The van der Waals surface area contributed by atoms with Gasteiger partial charge in [-0.2, -0.15) is 0 Å². The van der Waals surface area contributed by atoms with Crippen LogP contribution in [0.1, 0.15) is 17.3 Å². The van der Waals surface area contributed by atoms with Gasteiger partial charge in [0, 0.05) is 17.1 Å². The zero-order valence-electron chi connectivity index (χ0n) is 10.3. The number of benzene rings is 1. The quantitative estimate of drug-likeness (QED) is 0.643. The molecular weight excluding hydrogens is 222 g/mol. The lowest BCUT2D eigenvalue weighted by Gasteiger charge is -1.99. The van der Waals surface area contributed by atoms with Gasteiger partial charge in [0.2, 0.25) is 0 Å². The van der Waals surface area contributed by atoms with Crippen LogP contribution in [0.15, 0.2) is 54.2 Å². The SMILES string of the molecule is C=c1cc[nH]/c1=C/C=C(\C)C(=O)c1ccccc1. The number of Topliss-reactive ketones (excluding diaryl/α,β-unsaturated/α-hetero) is 1. The standard InChI is InChI=1S/C16H15NO/c1-12-10-11-17-15(12)9-8-13(2)16(18)14-6-4-3-5-7-14/h3-11,17H,1H2,2H3/b13-8+,15-9+. The summed E-state index contributed by atoms with van der Waals surface area (Å²) in [4.78, 5) is 15.1. The molecule has 0 bridgehead atoms. The summed E-state index contributed by atoms with van der Waals surface area (Å²) in [5, 5.41) is 1.85. The Hall–Kier alpha value is -2.35. The Bertz CT molecular complexity index is 677. The number of H-pyrrole nitrogens is 1. The van der Waals surface area contributed by atoms with Crippen molar-refractivity contribution < 1.29 is 4.79 Å². The third-order valence-corrected chi connectivity index (χ3v) is 2.76. The van der Waals surface area contributed by atoms with E-state index in [2.05, 4.69) is 11.6 Å². The molecule has 0 fully saturated rings. The fourth-order valence-electron chi connectivity index (χ4n) is 1.67. The summed E-state index contributed by atoms with van der Waals surface area (Å²) in [6.45, 7) is 5.70. The molecule has 1 aromatic carbocycles. The van der Waals surface area contributed by atoms with Gasteiger partial charge in [-0.05, 0) is 29.9 Å². The number of aromatic amines is 1. The minimum absolute atomic E-state index is 0.0454. The van der Waals surface area contributed by atoms with E-state index >= 15 is 0 Å². The predicted octanol–water partition coefficient (Wildman–Crippen LogP) is 2.03. The van der Waals surface area contributed by atoms with Crippen molar-refractivity contribution in [1.82, 2.24) is 4.98 Å². The van der Waals surface area contributed by atoms with Gasteiger partial charge >= 0.3 is 0 Å². The Morgan fingerprint density at radius 1 is 1.22 bits per heavy atom. The first-order valence-corrected chi connectivity index (χ1v) is 5.79. The number of carbonyl (C=O) groups is 1. The van der Waals surface area contributed by atoms with E-state index in [0.29, 0.717) is 11.1 Å². The predicted molar refractivity (Wildman–Crippen MR) is 74.6 cm³/mol. The average Bonchev–Trinajstić information content (AvgIpc) is 2.81. The lowest BCUT2D eigenvalue weighted by atomic mass is 10.0. The molecule has 2 aromatic rings. The van der Waals surface area contributed by atoms with Gasteiger partial charge in [-0.25, -0.2) is 0 Å². The highest BCUT2D eigenvalue weighted by molar-refractivity contribution is 6.08. The first-order valence-electron chi connectivity index (χ1n) is 5.79. The number of rotatable bonds is 3. The van der Waals surface area contributed by atoms with Crippen molar-refractivity contribution in [2.24, 2.45) is 0 Å². The highest BCUT2D eigenvalue weighted by Gasteiger charge is 2.05. The van der Waals surface area contributed by atoms with Crippen LogP contribution >= 0.6 is 0 Å². The summed E-state index contributed by atoms with van der Waals surface area (Å²) in [7, 11) is 0. The number of ketones is 1. The van der Waals surface area contributed by atoms with Gasteiger partial charge in [0.1, 0.15) is 0 Å². The third-order valence-electron chi connectivity index (χ3n) is 2.76. The molecule has 0 aliphatic heterocycles. The molecule has 0 aliphatic carbocycles. The molecule has 0 aliphatic rings. The van der Waals surface area contributed by atoms with E-state index < -0.39 is 0 Å². The Kier molecular flexibility index (Phi) is 3.58. The van der Waals surface area contributed by atoms with Crippen molar-refractivity contribution in [3.63, 3.8) is 0 Å². The monoisotopic (exact) mass is 237 g/mol. The van der Waals surface area contributed by atoms with Crippen LogP contribution in [-0.4, -0.2) is 10.8 Å². The number of carbonyl (C=O) groups excluding carboxylic acids is 1. The molecule has 1 N–H and O–H groups in total. The normalized spacial score (nSPS) is 12.7. The maximum Gasteiger partial charge on any atom is 0.188 e. The molecule has 1 heterocycles. The Morgan fingerprint density at radius 2 is 1.94 bits per heavy atom. The summed E-state index contributed by atoms with van der Waals surface area (Å²) >= 11 is 0. The fraction of sp³-hybridized carbons (Fsp3) is 0.0625. The van der Waals surface area contributed by atoms with Crippen LogP contribution in [0, 0.1) is 0 Å². The van der Waals surface area contributed by atoms with Crippen molar-refractivity contribution in [3.8, 4) is 0 Å². The molecule has 0 atom stereocenters. The summed E-state index contributed by atoms with van der Waals surface area (Å²) in [6, 6.07) is 11.2. The number of allylic oxidation sites excluding steroid dienone is 2. The molecule has 2 nitrogen and oxygen atoms in total. The van der Waals surface area contributed by atoms with Gasteiger partial charge in [0.15, 0.2) is 5.78 Å². The first kappa shape index (κ1) is 12.1. The van der Waals surface area contributed by atoms with E-state index in [4.69, 9.17) is 0 Å². The van der Waals surface area contributed by atoms with Gasteiger partial charge in [-0.3, -0.25) is 4.79 Å². The van der Waals surface area contributed by atoms with Crippen LogP contribution in [-0.2, 0) is 0 Å². The van der Waals surface area contributed by atoms with Crippen molar-refractivity contribution in [2.45, 2.75) is 6.92 Å². The molecule has 0 unspecified atom stereocenters. The molecule has 0 radical (unpaired) electrons. The van der Waals surface area contributed by atoms with Crippen LogP contribution in [0.2, 0.25) is 0 Å². The number of aromatic nitrogens is 1. The Labute approximate surface area is 106 Å². The molecule has 90 valence electrons. The van der Waals surface area contributed by atoms with E-state index in [1.807, 2.05) is 61.7 Å².